The average molecular weight is 265 g/mol. The van der Waals surface area contributed by atoms with Crippen molar-refractivity contribution in [2.24, 2.45) is 0 Å². The minimum atomic E-state index is 0.124. The average Bonchev–Trinajstić information content (AvgIpc) is 2.64. The van der Waals surface area contributed by atoms with Crippen molar-refractivity contribution in [3.8, 4) is 11.6 Å². The fraction of sp³-hybridized carbons (Fsp3) is 0.364. The Morgan fingerprint density at radius 2 is 2.00 bits per heavy atom. The van der Waals surface area contributed by atoms with Crippen LogP contribution in [0.15, 0.2) is 6.20 Å². The molecular weight excluding hydrogens is 250 g/mol. The number of anilines is 2. The Labute approximate surface area is 109 Å². The van der Waals surface area contributed by atoms with Crippen LogP contribution >= 0.6 is 11.3 Å². The van der Waals surface area contributed by atoms with E-state index in [2.05, 4.69) is 28.8 Å². The van der Waals surface area contributed by atoms with E-state index in [1.54, 1.807) is 11.3 Å². The smallest absolute Gasteiger partial charge is 0.234 e. The molecule has 7 heteroatoms. The summed E-state index contributed by atoms with van der Waals surface area (Å²) in [6, 6.07) is 0. The summed E-state index contributed by atoms with van der Waals surface area (Å²) in [7, 11) is 0. The number of hydrogen-bond donors (Lipinski definition) is 2. The third-order valence-electron chi connectivity index (χ3n) is 2.26. The summed E-state index contributed by atoms with van der Waals surface area (Å²) in [4.78, 5) is 13.1. The van der Waals surface area contributed by atoms with Crippen molar-refractivity contribution >= 4 is 23.1 Å². The van der Waals surface area contributed by atoms with Crippen molar-refractivity contribution in [2.75, 3.05) is 11.5 Å². The van der Waals surface area contributed by atoms with Gasteiger partial charge in [0.15, 0.2) is 11.6 Å². The lowest BCUT2D eigenvalue weighted by atomic mass is 10.2. The molecule has 96 valence electrons. The molecule has 0 aliphatic heterocycles. The predicted octanol–water partition coefficient (Wildman–Crippen LogP) is 2.32. The van der Waals surface area contributed by atoms with Gasteiger partial charge in [-0.15, -0.1) is 11.3 Å². The lowest BCUT2D eigenvalue weighted by molar-refractivity contribution is 0.456. The van der Waals surface area contributed by atoms with E-state index >= 15 is 0 Å². The van der Waals surface area contributed by atoms with E-state index in [9.17, 15) is 0 Å². The molecule has 2 heterocycles. The first-order valence-corrected chi connectivity index (χ1v) is 6.32. The summed E-state index contributed by atoms with van der Waals surface area (Å²) in [6.45, 7) is 6.11. The molecule has 6 nitrogen and oxygen atoms in total. The van der Waals surface area contributed by atoms with Gasteiger partial charge in [0.25, 0.3) is 0 Å². The summed E-state index contributed by atoms with van der Waals surface area (Å²) in [5.41, 5.74) is 11.2. The van der Waals surface area contributed by atoms with Crippen LogP contribution in [0.5, 0.6) is 11.6 Å². The molecule has 0 fully saturated rings. The van der Waals surface area contributed by atoms with Gasteiger partial charge in [-0.05, 0) is 12.8 Å². The molecular formula is C11H15N5OS. The second-order valence-corrected chi connectivity index (χ2v) is 5.37. The zero-order valence-corrected chi connectivity index (χ0v) is 11.3. The SMILES string of the molecule is Cc1nc(Oc2cnc(N)nc2N)c(C(C)C)s1. The second kappa shape index (κ2) is 4.77. The zero-order valence-electron chi connectivity index (χ0n) is 10.5. The molecule has 0 aliphatic carbocycles. The predicted molar refractivity (Wildman–Crippen MR) is 71.9 cm³/mol. The molecule has 2 rings (SSSR count). The number of thiazole rings is 1. The van der Waals surface area contributed by atoms with E-state index < -0.39 is 0 Å². The van der Waals surface area contributed by atoms with Gasteiger partial charge in [0.05, 0.1) is 16.1 Å². The van der Waals surface area contributed by atoms with Crippen LogP contribution in [0.2, 0.25) is 0 Å². The van der Waals surface area contributed by atoms with Gasteiger partial charge < -0.3 is 16.2 Å². The molecule has 0 aliphatic rings. The molecule has 0 bridgehead atoms. The number of ether oxygens (including phenoxy) is 1. The molecule has 2 aromatic heterocycles. The molecule has 2 aromatic rings. The van der Waals surface area contributed by atoms with Crippen LogP contribution in [0.25, 0.3) is 0 Å². The lowest BCUT2D eigenvalue weighted by Crippen LogP contribution is -2.02. The fourth-order valence-corrected chi connectivity index (χ4v) is 2.30. The van der Waals surface area contributed by atoms with Crippen molar-refractivity contribution in [3.05, 3.63) is 16.1 Å². The molecule has 0 saturated heterocycles. The van der Waals surface area contributed by atoms with Crippen LogP contribution in [0.4, 0.5) is 11.8 Å². The summed E-state index contributed by atoms with van der Waals surface area (Å²) >= 11 is 1.61. The van der Waals surface area contributed by atoms with Crippen LogP contribution in [0.1, 0.15) is 29.7 Å². The molecule has 18 heavy (non-hydrogen) atoms. The van der Waals surface area contributed by atoms with Crippen LogP contribution < -0.4 is 16.2 Å². The summed E-state index contributed by atoms with van der Waals surface area (Å²) in [6.07, 6.45) is 1.45. The Bertz CT molecular complexity index is 567. The summed E-state index contributed by atoms with van der Waals surface area (Å²) < 4.78 is 5.67. The summed E-state index contributed by atoms with van der Waals surface area (Å²) in [5.74, 6) is 1.60. The quantitative estimate of drug-likeness (QED) is 0.883. The third-order valence-corrected chi connectivity index (χ3v) is 3.51. The van der Waals surface area contributed by atoms with E-state index in [0.717, 1.165) is 9.88 Å². The maximum absolute atomic E-state index is 5.72. The van der Waals surface area contributed by atoms with Crippen molar-refractivity contribution in [3.63, 3.8) is 0 Å². The molecule has 0 amide bonds. The monoisotopic (exact) mass is 265 g/mol. The number of nitrogen functional groups attached to an aromatic ring is 2. The Balaban J connectivity index is 2.33. The maximum atomic E-state index is 5.72. The molecule has 0 atom stereocenters. The minimum Gasteiger partial charge on any atom is -0.432 e. The van der Waals surface area contributed by atoms with Crippen molar-refractivity contribution in [1.82, 2.24) is 15.0 Å². The van der Waals surface area contributed by atoms with Gasteiger partial charge in [0, 0.05) is 0 Å². The van der Waals surface area contributed by atoms with Gasteiger partial charge >= 0.3 is 0 Å². The number of nitrogens with two attached hydrogens (primary N) is 2. The van der Waals surface area contributed by atoms with Crippen molar-refractivity contribution in [1.29, 1.82) is 0 Å². The first-order valence-electron chi connectivity index (χ1n) is 5.50. The Morgan fingerprint density at radius 1 is 1.28 bits per heavy atom. The third kappa shape index (κ3) is 2.51. The van der Waals surface area contributed by atoms with E-state index in [0.29, 0.717) is 17.5 Å². The maximum Gasteiger partial charge on any atom is 0.234 e. The fourth-order valence-electron chi connectivity index (χ4n) is 1.44. The van der Waals surface area contributed by atoms with E-state index in [4.69, 9.17) is 16.2 Å². The normalized spacial score (nSPS) is 10.9. The first kappa shape index (κ1) is 12.6. The first-order chi connectivity index (χ1) is 8.47. The number of nitrogens with zero attached hydrogens (tertiary/aromatic N) is 3. The van der Waals surface area contributed by atoms with Crippen LogP contribution in [0, 0.1) is 6.92 Å². The van der Waals surface area contributed by atoms with E-state index in [-0.39, 0.29) is 11.8 Å². The highest BCUT2D eigenvalue weighted by Crippen LogP contribution is 2.35. The van der Waals surface area contributed by atoms with Gasteiger partial charge in [-0.25, -0.2) is 9.97 Å². The summed E-state index contributed by atoms with van der Waals surface area (Å²) in [5, 5.41) is 0.948. The number of rotatable bonds is 3. The highest BCUT2D eigenvalue weighted by molar-refractivity contribution is 7.11. The number of aryl methyl sites for hydroxylation is 1. The van der Waals surface area contributed by atoms with E-state index in [1.165, 1.54) is 6.20 Å². The number of hydrogen-bond acceptors (Lipinski definition) is 7. The highest BCUT2D eigenvalue weighted by Gasteiger charge is 2.16. The number of aromatic nitrogens is 3. The van der Waals surface area contributed by atoms with Crippen LogP contribution in [-0.2, 0) is 0 Å². The van der Waals surface area contributed by atoms with E-state index in [1.807, 2.05) is 6.92 Å². The van der Waals surface area contributed by atoms with Crippen molar-refractivity contribution < 1.29 is 4.74 Å². The standard InChI is InChI=1S/C11H15N5OS/c1-5(2)8-10(15-6(3)18-8)17-7-4-14-11(13)16-9(7)12/h4-5H,1-3H3,(H4,12,13,14,16). The molecule has 0 saturated carbocycles. The van der Waals surface area contributed by atoms with Gasteiger partial charge in [-0.3, -0.25) is 0 Å². The Hall–Kier alpha value is -1.89. The largest absolute Gasteiger partial charge is 0.432 e. The zero-order chi connectivity index (χ0) is 13.3. The van der Waals surface area contributed by atoms with Gasteiger partial charge in [-0.2, -0.15) is 4.98 Å². The Kier molecular flexibility index (Phi) is 3.33. The molecule has 0 unspecified atom stereocenters. The van der Waals surface area contributed by atoms with Crippen LogP contribution in [-0.4, -0.2) is 15.0 Å². The van der Waals surface area contributed by atoms with Gasteiger partial charge in [0.2, 0.25) is 11.8 Å². The molecule has 0 spiro atoms. The molecule has 4 N–H and O–H groups in total. The Morgan fingerprint density at radius 3 is 2.61 bits per heavy atom. The van der Waals surface area contributed by atoms with Crippen LogP contribution in [0.3, 0.4) is 0 Å². The van der Waals surface area contributed by atoms with Crippen molar-refractivity contribution in [2.45, 2.75) is 26.7 Å². The molecule has 0 radical (unpaired) electrons. The van der Waals surface area contributed by atoms with Gasteiger partial charge in [-0.1, -0.05) is 13.8 Å². The molecule has 0 aromatic carbocycles. The second-order valence-electron chi connectivity index (χ2n) is 4.14. The topological polar surface area (TPSA) is 99.9 Å². The highest BCUT2D eigenvalue weighted by atomic mass is 32.1. The van der Waals surface area contributed by atoms with Gasteiger partial charge in [0.1, 0.15) is 0 Å². The minimum absolute atomic E-state index is 0.124. The lowest BCUT2D eigenvalue weighted by Gasteiger charge is -2.08.